The molecule has 1 aliphatic heterocycles. The first kappa shape index (κ1) is 12.6. The van der Waals surface area contributed by atoms with Crippen molar-refractivity contribution in [3.63, 3.8) is 0 Å². The van der Waals surface area contributed by atoms with Crippen molar-refractivity contribution in [1.29, 1.82) is 0 Å². The maximum atomic E-state index is 11.8. The minimum atomic E-state index is -0.109. The van der Waals surface area contributed by atoms with Crippen molar-refractivity contribution in [2.45, 2.75) is 25.8 Å². The fraction of sp³-hybridized carbons (Fsp3) is 0.385. The van der Waals surface area contributed by atoms with Crippen molar-refractivity contribution in [2.24, 2.45) is 0 Å². The largest absolute Gasteiger partial charge is 0.326 e. The monoisotopic (exact) mass is 247 g/mol. The average Bonchev–Trinajstić information content (AvgIpc) is 2.84. The van der Waals surface area contributed by atoms with E-state index in [9.17, 15) is 9.59 Å². The summed E-state index contributed by atoms with van der Waals surface area (Å²) in [6.45, 7) is 2.36. The molecule has 0 unspecified atom stereocenters. The molecule has 1 aromatic carbocycles. The van der Waals surface area contributed by atoms with Gasteiger partial charge in [-0.25, -0.2) is 0 Å². The summed E-state index contributed by atoms with van der Waals surface area (Å²) in [5.41, 5.74) is 1.46. The third-order valence-corrected chi connectivity index (χ3v) is 2.85. The molecule has 0 aliphatic carbocycles. The van der Waals surface area contributed by atoms with Crippen LogP contribution < -0.4 is 16.0 Å². The van der Waals surface area contributed by atoms with E-state index in [-0.39, 0.29) is 17.9 Å². The fourth-order valence-electron chi connectivity index (χ4n) is 1.98. The van der Waals surface area contributed by atoms with Gasteiger partial charge in [-0.1, -0.05) is 0 Å². The van der Waals surface area contributed by atoms with E-state index in [2.05, 4.69) is 16.0 Å². The van der Waals surface area contributed by atoms with Crippen LogP contribution in [0, 0.1) is 0 Å². The van der Waals surface area contributed by atoms with Gasteiger partial charge in [0, 0.05) is 18.3 Å². The van der Waals surface area contributed by atoms with Gasteiger partial charge in [-0.3, -0.25) is 9.59 Å². The molecule has 0 bridgehead atoms. The topological polar surface area (TPSA) is 70.2 Å². The number of rotatable bonds is 3. The van der Waals surface area contributed by atoms with E-state index in [1.165, 1.54) is 6.92 Å². The van der Waals surface area contributed by atoms with E-state index in [1.54, 1.807) is 24.3 Å². The molecule has 1 fully saturated rings. The zero-order valence-corrected chi connectivity index (χ0v) is 10.3. The van der Waals surface area contributed by atoms with Crippen molar-refractivity contribution in [3.8, 4) is 0 Å². The first-order valence-corrected chi connectivity index (χ1v) is 6.07. The summed E-state index contributed by atoms with van der Waals surface area (Å²) in [7, 11) is 0. The van der Waals surface area contributed by atoms with E-state index in [0.29, 0.717) is 0 Å². The summed E-state index contributed by atoms with van der Waals surface area (Å²) in [6.07, 6.45) is 1.93. The van der Waals surface area contributed by atoms with Crippen LogP contribution in [0.25, 0.3) is 0 Å². The van der Waals surface area contributed by atoms with Gasteiger partial charge < -0.3 is 16.0 Å². The molecule has 2 rings (SSSR count). The van der Waals surface area contributed by atoms with Crippen molar-refractivity contribution >= 4 is 23.2 Å². The maximum absolute atomic E-state index is 11.8. The van der Waals surface area contributed by atoms with Gasteiger partial charge in [-0.2, -0.15) is 0 Å². The zero-order chi connectivity index (χ0) is 13.0. The molecule has 3 N–H and O–H groups in total. The summed E-state index contributed by atoms with van der Waals surface area (Å²) in [5, 5.41) is 8.67. The Labute approximate surface area is 106 Å². The fourth-order valence-corrected chi connectivity index (χ4v) is 1.98. The molecule has 0 saturated carbocycles. The van der Waals surface area contributed by atoms with E-state index in [1.807, 2.05) is 0 Å². The Kier molecular flexibility index (Phi) is 3.94. The second-order valence-electron chi connectivity index (χ2n) is 4.40. The van der Waals surface area contributed by atoms with Crippen molar-refractivity contribution in [2.75, 3.05) is 17.2 Å². The lowest BCUT2D eigenvalue weighted by molar-refractivity contribution is -0.118. The normalized spacial score (nSPS) is 18.4. The third-order valence-electron chi connectivity index (χ3n) is 2.85. The number of anilines is 2. The minimum absolute atomic E-state index is 0.000206. The first-order valence-electron chi connectivity index (χ1n) is 6.07. The molecule has 1 saturated heterocycles. The van der Waals surface area contributed by atoms with E-state index in [0.717, 1.165) is 30.8 Å². The molecule has 1 aromatic rings. The standard InChI is InChI=1S/C13H17N3O2/c1-9(17)15-10-4-6-11(7-5-10)16-13(18)12-3-2-8-14-12/h4-7,12,14H,2-3,8H2,1H3,(H,15,17)(H,16,18)/t12-/m0/s1. The van der Waals surface area contributed by atoms with E-state index in [4.69, 9.17) is 0 Å². The van der Waals surface area contributed by atoms with Crippen LogP contribution in [0.3, 0.4) is 0 Å². The highest BCUT2D eigenvalue weighted by molar-refractivity contribution is 5.95. The highest BCUT2D eigenvalue weighted by Gasteiger charge is 2.21. The summed E-state index contributed by atoms with van der Waals surface area (Å²) in [4.78, 5) is 22.7. The van der Waals surface area contributed by atoms with Crippen LogP contribution in [-0.2, 0) is 9.59 Å². The lowest BCUT2D eigenvalue weighted by Gasteiger charge is -2.11. The van der Waals surface area contributed by atoms with Crippen LogP contribution in [0.5, 0.6) is 0 Å². The molecule has 0 spiro atoms. The molecule has 2 amide bonds. The SMILES string of the molecule is CC(=O)Nc1ccc(NC(=O)[C@@H]2CCCN2)cc1. The molecule has 5 nitrogen and oxygen atoms in total. The lowest BCUT2D eigenvalue weighted by atomic mass is 10.2. The molecular weight excluding hydrogens is 230 g/mol. The van der Waals surface area contributed by atoms with Crippen LogP contribution in [0.2, 0.25) is 0 Å². The second kappa shape index (κ2) is 5.64. The highest BCUT2D eigenvalue weighted by atomic mass is 16.2. The summed E-state index contributed by atoms with van der Waals surface area (Å²) < 4.78 is 0. The van der Waals surface area contributed by atoms with Gasteiger partial charge in [0.25, 0.3) is 0 Å². The van der Waals surface area contributed by atoms with Gasteiger partial charge in [-0.05, 0) is 43.7 Å². The van der Waals surface area contributed by atoms with Crippen LogP contribution in [0.15, 0.2) is 24.3 Å². The molecule has 1 heterocycles. The van der Waals surface area contributed by atoms with E-state index >= 15 is 0 Å². The summed E-state index contributed by atoms with van der Waals surface area (Å²) in [6, 6.07) is 6.99. The molecule has 0 aromatic heterocycles. The van der Waals surface area contributed by atoms with Crippen LogP contribution in [-0.4, -0.2) is 24.4 Å². The predicted octanol–water partition coefficient (Wildman–Crippen LogP) is 1.34. The van der Waals surface area contributed by atoms with Crippen molar-refractivity contribution in [1.82, 2.24) is 5.32 Å². The smallest absolute Gasteiger partial charge is 0.241 e. The van der Waals surface area contributed by atoms with Crippen LogP contribution in [0.4, 0.5) is 11.4 Å². The summed E-state index contributed by atoms with van der Waals surface area (Å²) >= 11 is 0. The minimum Gasteiger partial charge on any atom is -0.326 e. The Morgan fingerprint density at radius 2 is 1.78 bits per heavy atom. The van der Waals surface area contributed by atoms with E-state index < -0.39 is 0 Å². The molecule has 18 heavy (non-hydrogen) atoms. The lowest BCUT2D eigenvalue weighted by Crippen LogP contribution is -2.35. The molecule has 0 radical (unpaired) electrons. The van der Waals surface area contributed by atoms with Crippen LogP contribution >= 0.6 is 0 Å². The average molecular weight is 247 g/mol. The Balaban J connectivity index is 1.93. The zero-order valence-electron chi connectivity index (χ0n) is 10.3. The Hall–Kier alpha value is -1.88. The molecular formula is C13H17N3O2. The van der Waals surface area contributed by atoms with Crippen LogP contribution in [0.1, 0.15) is 19.8 Å². The number of nitrogens with one attached hydrogen (secondary N) is 3. The number of amides is 2. The number of carbonyl (C=O) groups is 2. The Morgan fingerprint density at radius 3 is 2.28 bits per heavy atom. The molecule has 96 valence electrons. The summed E-state index contributed by atoms with van der Waals surface area (Å²) in [5.74, 6) is -0.110. The third kappa shape index (κ3) is 3.30. The number of hydrogen-bond donors (Lipinski definition) is 3. The van der Waals surface area contributed by atoms with Gasteiger partial charge in [0.15, 0.2) is 0 Å². The number of hydrogen-bond acceptors (Lipinski definition) is 3. The van der Waals surface area contributed by atoms with Gasteiger partial charge in [0.1, 0.15) is 0 Å². The maximum Gasteiger partial charge on any atom is 0.241 e. The van der Waals surface area contributed by atoms with Gasteiger partial charge in [0.2, 0.25) is 11.8 Å². The molecule has 1 aliphatic rings. The quantitative estimate of drug-likeness (QED) is 0.754. The predicted molar refractivity (Wildman–Crippen MR) is 70.4 cm³/mol. The van der Waals surface area contributed by atoms with Crippen molar-refractivity contribution in [3.05, 3.63) is 24.3 Å². The van der Waals surface area contributed by atoms with Gasteiger partial charge in [-0.15, -0.1) is 0 Å². The Morgan fingerprint density at radius 1 is 1.17 bits per heavy atom. The number of carbonyl (C=O) groups excluding carboxylic acids is 2. The van der Waals surface area contributed by atoms with Gasteiger partial charge >= 0.3 is 0 Å². The first-order chi connectivity index (χ1) is 8.65. The second-order valence-corrected chi connectivity index (χ2v) is 4.40. The number of benzene rings is 1. The highest BCUT2D eigenvalue weighted by Crippen LogP contribution is 2.15. The van der Waals surface area contributed by atoms with Gasteiger partial charge in [0.05, 0.1) is 6.04 Å². The van der Waals surface area contributed by atoms with Crippen molar-refractivity contribution < 1.29 is 9.59 Å². The molecule has 1 atom stereocenters. The molecule has 5 heteroatoms. The Bertz CT molecular complexity index is 436.